The molecule has 2 aromatic carbocycles. The van der Waals surface area contributed by atoms with Crippen molar-refractivity contribution in [2.45, 2.75) is 45.5 Å². The van der Waals surface area contributed by atoms with Gasteiger partial charge in [-0.15, -0.1) is 0 Å². The number of nitrogens with zero attached hydrogens (tertiary/aromatic N) is 3. The van der Waals surface area contributed by atoms with Crippen LogP contribution in [0.3, 0.4) is 0 Å². The fraction of sp³-hybridized carbons (Fsp3) is 0.500. The molecule has 2 fully saturated rings. The average Bonchev–Trinajstić information content (AvgIpc) is 3.23. The zero-order valence-electron chi connectivity index (χ0n) is 21.6. The lowest BCUT2D eigenvalue weighted by molar-refractivity contribution is -0.138. The topological polar surface area (TPSA) is 64.1 Å². The van der Waals surface area contributed by atoms with Crippen LogP contribution in [-0.4, -0.2) is 65.0 Å². The number of alkyl halides is 3. The van der Waals surface area contributed by atoms with Crippen molar-refractivity contribution in [1.29, 1.82) is 0 Å². The van der Waals surface area contributed by atoms with Crippen LogP contribution in [0.5, 0.6) is 0 Å². The van der Waals surface area contributed by atoms with E-state index in [2.05, 4.69) is 0 Å². The first kappa shape index (κ1) is 27.0. The molecule has 2 aliphatic heterocycles. The standard InChI is InChI=1S/C28H34F3N3O3/c1-17-11-21(13-22(12-17)28(29,30)31)19(3)32(4)27(37)34-10-9-20-14-33(16-25(35)36)15-24(20)26(34)23-8-6-5-7-18(23)2/h5-8,11-13,19-20,24,26H,9-10,14-16H2,1-4H3,(H,35,36)/t19-,20-,24?,26+/m1/s1. The largest absolute Gasteiger partial charge is 0.480 e. The number of carbonyl (C=O) groups excluding carboxylic acids is 1. The number of aryl methyl sites for hydroxylation is 2. The van der Waals surface area contributed by atoms with Crippen LogP contribution in [0.15, 0.2) is 42.5 Å². The van der Waals surface area contributed by atoms with Gasteiger partial charge in [-0.3, -0.25) is 9.69 Å². The minimum atomic E-state index is -4.47. The maximum Gasteiger partial charge on any atom is 0.416 e. The molecule has 37 heavy (non-hydrogen) atoms. The number of hydrogen-bond donors (Lipinski definition) is 1. The number of hydrogen-bond acceptors (Lipinski definition) is 3. The van der Waals surface area contributed by atoms with Gasteiger partial charge in [-0.1, -0.05) is 35.9 Å². The van der Waals surface area contributed by atoms with Gasteiger partial charge in [0.05, 0.1) is 24.2 Å². The van der Waals surface area contributed by atoms with E-state index in [0.29, 0.717) is 30.8 Å². The SMILES string of the molecule is Cc1cc([C@@H](C)N(C)C(=O)N2CC[C@@H]3CN(CC(=O)O)CC3[C@@H]2c2ccccc2C)cc(C(F)(F)F)c1. The van der Waals surface area contributed by atoms with E-state index in [1.54, 1.807) is 27.0 Å². The number of amides is 2. The first-order chi connectivity index (χ1) is 17.4. The number of fused-ring (bicyclic) bond motifs is 1. The highest BCUT2D eigenvalue weighted by atomic mass is 19.4. The van der Waals surface area contributed by atoms with Gasteiger partial charge >= 0.3 is 18.2 Å². The molecule has 1 N–H and O–H groups in total. The Labute approximate surface area is 215 Å². The van der Waals surface area contributed by atoms with Crippen molar-refractivity contribution in [3.63, 3.8) is 0 Å². The summed E-state index contributed by atoms with van der Waals surface area (Å²) in [4.78, 5) is 30.6. The number of carboxylic acid groups (broad SMARTS) is 1. The van der Waals surface area contributed by atoms with Crippen molar-refractivity contribution >= 4 is 12.0 Å². The van der Waals surface area contributed by atoms with Gasteiger partial charge < -0.3 is 14.9 Å². The van der Waals surface area contributed by atoms with Crippen LogP contribution in [0, 0.1) is 25.7 Å². The van der Waals surface area contributed by atoms with Gasteiger partial charge in [0.25, 0.3) is 0 Å². The van der Waals surface area contributed by atoms with Crippen molar-refractivity contribution in [3.05, 3.63) is 70.3 Å². The molecule has 0 radical (unpaired) electrons. The molecule has 0 bridgehead atoms. The van der Waals surface area contributed by atoms with Gasteiger partial charge in [0.2, 0.25) is 0 Å². The number of urea groups is 1. The molecule has 6 nitrogen and oxygen atoms in total. The molecule has 2 saturated heterocycles. The number of rotatable bonds is 5. The van der Waals surface area contributed by atoms with Crippen molar-refractivity contribution in [2.75, 3.05) is 33.2 Å². The number of halogens is 3. The molecule has 2 aliphatic rings. The molecule has 200 valence electrons. The van der Waals surface area contributed by atoms with E-state index < -0.39 is 23.8 Å². The maximum absolute atomic E-state index is 13.9. The molecule has 2 heterocycles. The highest BCUT2D eigenvalue weighted by molar-refractivity contribution is 5.76. The van der Waals surface area contributed by atoms with Gasteiger partial charge in [0.1, 0.15) is 0 Å². The molecule has 0 spiro atoms. The van der Waals surface area contributed by atoms with Crippen LogP contribution >= 0.6 is 0 Å². The fourth-order valence-electron chi connectivity index (χ4n) is 5.99. The molecule has 4 rings (SSSR count). The van der Waals surface area contributed by atoms with E-state index in [0.717, 1.165) is 29.7 Å². The third-order valence-corrected chi connectivity index (χ3v) is 7.95. The second kappa shape index (κ2) is 10.4. The van der Waals surface area contributed by atoms with E-state index in [4.69, 9.17) is 0 Å². The Bertz CT molecular complexity index is 1170. The van der Waals surface area contributed by atoms with E-state index in [1.165, 1.54) is 4.90 Å². The third-order valence-electron chi connectivity index (χ3n) is 7.95. The van der Waals surface area contributed by atoms with Gasteiger partial charge in [-0.05, 0) is 61.9 Å². The molecular weight excluding hydrogens is 483 g/mol. The predicted octanol–water partition coefficient (Wildman–Crippen LogP) is 5.51. The van der Waals surface area contributed by atoms with Gasteiger partial charge in [-0.2, -0.15) is 13.2 Å². The van der Waals surface area contributed by atoms with Crippen LogP contribution in [0.25, 0.3) is 0 Å². The summed E-state index contributed by atoms with van der Waals surface area (Å²) >= 11 is 0. The summed E-state index contributed by atoms with van der Waals surface area (Å²) in [6, 6.07) is 10.8. The minimum absolute atomic E-state index is 0.0345. The first-order valence-electron chi connectivity index (χ1n) is 12.6. The third kappa shape index (κ3) is 5.61. The van der Waals surface area contributed by atoms with Gasteiger partial charge in [0.15, 0.2) is 0 Å². The van der Waals surface area contributed by atoms with E-state index in [1.807, 2.05) is 41.0 Å². The molecule has 2 amide bonds. The number of carboxylic acids is 1. The summed E-state index contributed by atoms with van der Waals surface area (Å²) < 4.78 is 40.3. The van der Waals surface area contributed by atoms with Gasteiger partial charge in [-0.25, -0.2) is 4.79 Å². The van der Waals surface area contributed by atoms with Crippen molar-refractivity contribution in [3.8, 4) is 0 Å². The monoisotopic (exact) mass is 517 g/mol. The summed E-state index contributed by atoms with van der Waals surface area (Å²) in [6.07, 6.45) is -3.72. The number of carbonyl (C=O) groups is 2. The molecule has 0 saturated carbocycles. The zero-order valence-corrected chi connectivity index (χ0v) is 21.6. The van der Waals surface area contributed by atoms with Crippen LogP contribution in [0.2, 0.25) is 0 Å². The summed E-state index contributed by atoms with van der Waals surface area (Å²) in [5.74, 6) is -0.538. The van der Waals surface area contributed by atoms with Crippen LogP contribution < -0.4 is 0 Å². The Morgan fingerprint density at radius 1 is 1.14 bits per heavy atom. The second-order valence-electron chi connectivity index (χ2n) is 10.5. The van der Waals surface area contributed by atoms with E-state index in [-0.39, 0.29) is 30.5 Å². The predicted molar refractivity (Wildman–Crippen MR) is 134 cm³/mol. The number of benzene rings is 2. The Hall–Kier alpha value is -3.07. The first-order valence-corrected chi connectivity index (χ1v) is 12.6. The Morgan fingerprint density at radius 2 is 1.84 bits per heavy atom. The summed E-state index contributed by atoms with van der Waals surface area (Å²) in [7, 11) is 1.63. The molecule has 1 unspecified atom stereocenters. The molecule has 0 aromatic heterocycles. The summed E-state index contributed by atoms with van der Waals surface area (Å²) in [5.41, 5.74) is 2.27. The lowest BCUT2D eigenvalue weighted by atomic mass is 9.78. The van der Waals surface area contributed by atoms with Crippen LogP contribution in [0.4, 0.5) is 18.0 Å². The molecule has 4 atom stereocenters. The molecule has 0 aliphatic carbocycles. The fourth-order valence-corrected chi connectivity index (χ4v) is 5.99. The highest BCUT2D eigenvalue weighted by Gasteiger charge is 2.47. The number of aliphatic carboxylic acids is 1. The maximum atomic E-state index is 13.9. The Balaban J connectivity index is 1.65. The Kier molecular flexibility index (Phi) is 7.55. The smallest absolute Gasteiger partial charge is 0.416 e. The highest BCUT2D eigenvalue weighted by Crippen LogP contribution is 2.45. The molecular formula is C28H34F3N3O3. The van der Waals surface area contributed by atoms with Crippen molar-refractivity contribution < 1.29 is 27.9 Å². The quantitative estimate of drug-likeness (QED) is 0.568. The zero-order chi connectivity index (χ0) is 27.1. The second-order valence-corrected chi connectivity index (χ2v) is 10.5. The lowest BCUT2D eigenvalue weighted by Gasteiger charge is -2.45. The van der Waals surface area contributed by atoms with Crippen molar-refractivity contribution in [2.24, 2.45) is 11.8 Å². The lowest BCUT2D eigenvalue weighted by Crippen LogP contribution is -2.51. The average molecular weight is 518 g/mol. The summed E-state index contributed by atoms with van der Waals surface area (Å²) in [6.45, 7) is 7.08. The Morgan fingerprint density at radius 3 is 2.49 bits per heavy atom. The molecule has 2 aromatic rings. The number of piperidine rings is 1. The van der Waals surface area contributed by atoms with Crippen molar-refractivity contribution in [1.82, 2.24) is 14.7 Å². The van der Waals surface area contributed by atoms with Gasteiger partial charge in [0, 0.05) is 32.6 Å². The normalized spacial score (nSPS) is 23.0. The summed E-state index contributed by atoms with van der Waals surface area (Å²) in [5, 5.41) is 9.32. The number of likely N-dealkylation sites (tertiary alicyclic amines) is 2. The van der Waals surface area contributed by atoms with E-state index in [9.17, 15) is 27.9 Å². The minimum Gasteiger partial charge on any atom is -0.480 e. The molecule has 9 heteroatoms. The van der Waals surface area contributed by atoms with Crippen LogP contribution in [0.1, 0.15) is 53.2 Å². The van der Waals surface area contributed by atoms with E-state index >= 15 is 0 Å². The van der Waals surface area contributed by atoms with Crippen LogP contribution in [-0.2, 0) is 11.0 Å².